The first-order valence-electron chi connectivity index (χ1n) is 6.78. The summed E-state index contributed by atoms with van der Waals surface area (Å²) in [5, 5.41) is 5.08. The monoisotopic (exact) mass is 378 g/mol. The van der Waals surface area contributed by atoms with E-state index >= 15 is 0 Å². The number of anilines is 1. The predicted molar refractivity (Wildman–Crippen MR) is 96.2 cm³/mol. The number of amides is 1. The molecule has 122 valence electrons. The van der Waals surface area contributed by atoms with Gasteiger partial charge in [0.2, 0.25) is 0 Å². The Morgan fingerprint density at radius 2 is 1.92 bits per heavy atom. The summed E-state index contributed by atoms with van der Waals surface area (Å²) in [6.07, 6.45) is 0. The number of rotatable bonds is 4. The fourth-order valence-electron chi connectivity index (χ4n) is 1.95. The van der Waals surface area contributed by atoms with Gasteiger partial charge in [0.15, 0.2) is 5.13 Å². The summed E-state index contributed by atoms with van der Waals surface area (Å²) in [5.74, 6) is -0.628. The van der Waals surface area contributed by atoms with Gasteiger partial charge in [0.25, 0.3) is 5.91 Å². The SMILES string of the molecule is COC(=O)c1ccc(-c2csc(NC(=O)c3ccc(Cl)s3)n2)cc1. The van der Waals surface area contributed by atoms with Gasteiger partial charge in [0, 0.05) is 10.9 Å². The lowest BCUT2D eigenvalue weighted by atomic mass is 10.1. The second-order valence-corrected chi connectivity index (χ2v) is 7.24. The van der Waals surface area contributed by atoms with Crippen LogP contribution in [0.25, 0.3) is 11.3 Å². The Labute approximate surface area is 150 Å². The predicted octanol–water partition coefficient (Wildman–Crippen LogP) is 4.56. The number of aromatic nitrogens is 1. The fraction of sp³-hybridized carbons (Fsp3) is 0.0625. The van der Waals surface area contributed by atoms with Crippen LogP contribution in [0.2, 0.25) is 4.34 Å². The van der Waals surface area contributed by atoms with Crippen molar-refractivity contribution in [2.24, 2.45) is 0 Å². The van der Waals surface area contributed by atoms with Gasteiger partial charge in [0.05, 0.1) is 27.6 Å². The molecule has 0 saturated heterocycles. The molecule has 0 fully saturated rings. The highest BCUT2D eigenvalue weighted by Gasteiger charge is 2.12. The lowest BCUT2D eigenvalue weighted by Crippen LogP contribution is -2.09. The number of methoxy groups -OCH3 is 1. The number of esters is 1. The van der Waals surface area contributed by atoms with Crippen LogP contribution in [0.1, 0.15) is 20.0 Å². The summed E-state index contributed by atoms with van der Waals surface area (Å²) in [7, 11) is 1.34. The maximum Gasteiger partial charge on any atom is 0.337 e. The van der Waals surface area contributed by atoms with Crippen LogP contribution in [-0.4, -0.2) is 24.0 Å². The Morgan fingerprint density at radius 1 is 1.17 bits per heavy atom. The van der Waals surface area contributed by atoms with E-state index < -0.39 is 0 Å². The van der Waals surface area contributed by atoms with Gasteiger partial charge < -0.3 is 4.74 Å². The van der Waals surface area contributed by atoms with Crippen LogP contribution in [0.5, 0.6) is 0 Å². The van der Waals surface area contributed by atoms with Gasteiger partial charge in [-0.2, -0.15) is 0 Å². The van der Waals surface area contributed by atoms with E-state index in [2.05, 4.69) is 15.0 Å². The summed E-state index contributed by atoms with van der Waals surface area (Å²) in [5.41, 5.74) is 2.04. The van der Waals surface area contributed by atoms with Crippen molar-refractivity contribution < 1.29 is 14.3 Å². The number of ether oxygens (including phenoxy) is 1. The number of carbonyl (C=O) groups is 2. The van der Waals surface area contributed by atoms with Crippen molar-refractivity contribution in [3.63, 3.8) is 0 Å². The first kappa shape index (κ1) is 16.6. The number of halogens is 1. The Balaban J connectivity index is 1.73. The lowest BCUT2D eigenvalue weighted by Gasteiger charge is -2.01. The molecule has 1 amide bonds. The van der Waals surface area contributed by atoms with Crippen LogP contribution in [-0.2, 0) is 4.74 Å². The number of hydrogen-bond acceptors (Lipinski definition) is 6. The molecule has 0 aliphatic heterocycles. The molecule has 0 radical (unpaired) electrons. The van der Waals surface area contributed by atoms with Crippen LogP contribution in [0.15, 0.2) is 41.8 Å². The molecular weight excluding hydrogens is 368 g/mol. The number of nitrogens with one attached hydrogen (secondary N) is 1. The fourth-order valence-corrected chi connectivity index (χ4v) is 3.61. The molecule has 2 heterocycles. The third kappa shape index (κ3) is 3.64. The van der Waals surface area contributed by atoms with Crippen LogP contribution in [0.4, 0.5) is 5.13 Å². The molecule has 0 unspecified atom stereocenters. The average molecular weight is 379 g/mol. The molecule has 0 saturated carbocycles. The van der Waals surface area contributed by atoms with Gasteiger partial charge in [-0.25, -0.2) is 9.78 Å². The molecule has 5 nitrogen and oxygen atoms in total. The molecule has 0 spiro atoms. The van der Waals surface area contributed by atoms with E-state index in [1.807, 2.05) is 5.38 Å². The van der Waals surface area contributed by atoms with Crippen molar-refractivity contribution in [1.29, 1.82) is 0 Å². The topological polar surface area (TPSA) is 68.3 Å². The highest BCUT2D eigenvalue weighted by molar-refractivity contribution is 7.18. The average Bonchev–Trinajstić information content (AvgIpc) is 3.23. The highest BCUT2D eigenvalue weighted by Crippen LogP contribution is 2.27. The molecule has 1 N–H and O–H groups in total. The minimum atomic E-state index is -0.387. The molecule has 0 aliphatic carbocycles. The van der Waals surface area contributed by atoms with E-state index in [-0.39, 0.29) is 11.9 Å². The third-order valence-corrected chi connectivity index (χ3v) is 5.11. The van der Waals surface area contributed by atoms with Crippen molar-refractivity contribution in [3.8, 4) is 11.3 Å². The first-order valence-corrected chi connectivity index (χ1v) is 8.85. The van der Waals surface area contributed by atoms with Crippen LogP contribution >= 0.6 is 34.3 Å². The first-order chi connectivity index (χ1) is 11.6. The molecule has 0 aliphatic rings. The van der Waals surface area contributed by atoms with E-state index in [9.17, 15) is 9.59 Å². The number of nitrogens with zero attached hydrogens (tertiary/aromatic N) is 1. The normalized spacial score (nSPS) is 10.4. The maximum absolute atomic E-state index is 12.1. The molecular formula is C16H11ClN2O3S2. The Bertz CT molecular complexity index is 887. The van der Waals surface area contributed by atoms with Crippen molar-refractivity contribution >= 4 is 51.3 Å². The van der Waals surface area contributed by atoms with Gasteiger partial charge in [-0.15, -0.1) is 22.7 Å². The van der Waals surface area contributed by atoms with Crippen LogP contribution in [0, 0.1) is 0 Å². The number of benzene rings is 1. The van der Waals surface area contributed by atoms with E-state index in [0.29, 0.717) is 19.9 Å². The van der Waals surface area contributed by atoms with Crippen molar-refractivity contribution in [2.75, 3.05) is 12.4 Å². The minimum absolute atomic E-state index is 0.242. The summed E-state index contributed by atoms with van der Waals surface area (Å²) in [6, 6.07) is 10.3. The number of thiazole rings is 1. The quantitative estimate of drug-likeness (QED) is 0.675. The summed E-state index contributed by atoms with van der Waals surface area (Å²) in [4.78, 5) is 28.4. The zero-order valence-corrected chi connectivity index (χ0v) is 14.8. The minimum Gasteiger partial charge on any atom is -0.465 e. The molecule has 3 rings (SSSR count). The molecule has 2 aromatic heterocycles. The summed E-state index contributed by atoms with van der Waals surface area (Å²) >= 11 is 8.37. The zero-order chi connectivity index (χ0) is 17.1. The Hall–Kier alpha value is -2.22. The molecule has 0 atom stereocenters. The van der Waals surface area contributed by atoms with Crippen LogP contribution < -0.4 is 5.32 Å². The van der Waals surface area contributed by atoms with Crippen molar-refractivity contribution in [1.82, 2.24) is 4.98 Å². The largest absolute Gasteiger partial charge is 0.465 e. The van der Waals surface area contributed by atoms with E-state index in [1.54, 1.807) is 36.4 Å². The van der Waals surface area contributed by atoms with Crippen molar-refractivity contribution in [2.45, 2.75) is 0 Å². The molecule has 3 aromatic rings. The maximum atomic E-state index is 12.1. The summed E-state index contributed by atoms with van der Waals surface area (Å²) < 4.78 is 5.23. The molecule has 24 heavy (non-hydrogen) atoms. The van der Waals surface area contributed by atoms with Gasteiger partial charge in [-0.05, 0) is 24.3 Å². The zero-order valence-electron chi connectivity index (χ0n) is 12.4. The van der Waals surface area contributed by atoms with E-state index in [0.717, 1.165) is 11.3 Å². The Kier molecular flexibility index (Phi) is 4.94. The summed E-state index contributed by atoms with van der Waals surface area (Å²) in [6.45, 7) is 0. The van der Waals surface area contributed by atoms with E-state index in [4.69, 9.17) is 11.6 Å². The lowest BCUT2D eigenvalue weighted by molar-refractivity contribution is 0.0600. The smallest absolute Gasteiger partial charge is 0.337 e. The van der Waals surface area contributed by atoms with E-state index in [1.165, 1.54) is 29.8 Å². The molecule has 0 bridgehead atoms. The third-order valence-electron chi connectivity index (χ3n) is 3.12. The molecule has 8 heteroatoms. The second kappa shape index (κ2) is 7.12. The second-order valence-electron chi connectivity index (χ2n) is 4.66. The number of hydrogen-bond donors (Lipinski definition) is 1. The van der Waals surface area contributed by atoms with Gasteiger partial charge in [-0.3, -0.25) is 10.1 Å². The van der Waals surface area contributed by atoms with Gasteiger partial charge in [-0.1, -0.05) is 23.7 Å². The Morgan fingerprint density at radius 3 is 2.54 bits per heavy atom. The van der Waals surface area contributed by atoms with Gasteiger partial charge >= 0.3 is 5.97 Å². The number of carbonyl (C=O) groups excluding carboxylic acids is 2. The molecule has 1 aromatic carbocycles. The van der Waals surface area contributed by atoms with Gasteiger partial charge in [0.1, 0.15) is 0 Å². The van der Waals surface area contributed by atoms with Crippen LogP contribution in [0.3, 0.4) is 0 Å². The number of thiophene rings is 1. The standard InChI is InChI=1S/C16H11ClN2O3S2/c1-22-15(21)10-4-2-9(3-5-10)11-8-23-16(18-11)19-14(20)12-6-7-13(17)24-12/h2-8H,1H3,(H,18,19,20). The highest BCUT2D eigenvalue weighted by atomic mass is 35.5. The van der Waals surface area contributed by atoms with Crippen molar-refractivity contribution in [3.05, 3.63) is 56.6 Å².